The monoisotopic (exact) mass is 412 g/mol. The fraction of sp³-hybridized carbons (Fsp3) is 0.455. The Balaban J connectivity index is 1.75. The van der Waals surface area contributed by atoms with Crippen LogP contribution in [0.2, 0.25) is 0 Å². The van der Waals surface area contributed by atoms with E-state index in [2.05, 4.69) is 0 Å². The van der Waals surface area contributed by atoms with Crippen LogP contribution in [0, 0.1) is 16.0 Å². The summed E-state index contributed by atoms with van der Waals surface area (Å²) in [6.45, 7) is 4.93. The first-order chi connectivity index (χ1) is 14.3. The number of aromatic nitrogens is 1. The number of aryl methyl sites for hydroxylation is 1. The molecule has 1 aliphatic carbocycles. The molecule has 1 heterocycles. The lowest BCUT2D eigenvalue weighted by molar-refractivity contribution is -0.384. The number of hydrogen-bond donors (Lipinski definition) is 0. The molecule has 0 radical (unpaired) electrons. The number of amides is 2. The topological polar surface area (TPSA) is 88.7 Å². The molecule has 1 aromatic heterocycles. The van der Waals surface area contributed by atoms with Crippen LogP contribution in [0.4, 0.5) is 5.69 Å². The van der Waals surface area contributed by atoms with Gasteiger partial charge in [-0.15, -0.1) is 0 Å². The minimum Gasteiger partial charge on any atom is -0.353 e. The maximum absolute atomic E-state index is 13.2. The Bertz CT molecular complexity index is 915. The second-order valence-electron chi connectivity index (χ2n) is 8.25. The number of nitro benzene ring substituents is 1. The maximum atomic E-state index is 13.2. The summed E-state index contributed by atoms with van der Waals surface area (Å²) in [5.41, 5.74) is 1.32. The lowest BCUT2D eigenvalue weighted by Gasteiger charge is -2.29. The van der Waals surface area contributed by atoms with E-state index in [4.69, 9.17) is 0 Å². The van der Waals surface area contributed by atoms with Crippen LogP contribution in [0.1, 0.15) is 42.7 Å². The zero-order valence-electron chi connectivity index (χ0n) is 17.7. The standard InChI is InChI=1S/C22H28N4O4/c1-16(2)13-24(22(28)17-6-8-19(9-7-17)26(29)30)15-21(27)25(18-10-11-18)14-20-5-4-12-23(20)3/h4-9,12,16,18H,10-11,13-15H2,1-3H3. The third-order valence-corrected chi connectivity index (χ3v) is 5.22. The molecule has 1 aliphatic rings. The van der Waals surface area contributed by atoms with Gasteiger partial charge < -0.3 is 14.4 Å². The van der Waals surface area contributed by atoms with E-state index >= 15 is 0 Å². The van der Waals surface area contributed by atoms with Crippen molar-refractivity contribution in [3.8, 4) is 0 Å². The molecule has 0 spiro atoms. The van der Waals surface area contributed by atoms with Crippen LogP contribution < -0.4 is 0 Å². The van der Waals surface area contributed by atoms with Gasteiger partial charge in [0.15, 0.2) is 0 Å². The smallest absolute Gasteiger partial charge is 0.269 e. The minimum absolute atomic E-state index is 0.00504. The van der Waals surface area contributed by atoms with Gasteiger partial charge in [0.05, 0.1) is 11.5 Å². The van der Waals surface area contributed by atoms with Crippen LogP contribution in [0.25, 0.3) is 0 Å². The highest BCUT2D eigenvalue weighted by Crippen LogP contribution is 2.29. The molecule has 3 rings (SSSR count). The number of non-ortho nitro benzene ring substituents is 1. The Morgan fingerprint density at radius 2 is 1.87 bits per heavy atom. The molecule has 8 nitrogen and oxygen atoms in total. The number of rotatable bonds is 9. The van der Waals surface area contributed by atoms with E-state index in [1.165, 1.54) is 24.3 Å². The molecule has 0 unspecified atom stereocenters. The molecule has 0 bridgehead atoms. The van der Waals surface area contributed by atoms with Crippen LogP contribution >= 0.6 is 0 Å². The second kappa shape index (κ2) is 9.11. The predicted molar refractivity (Wildman–Crippen MR) is 113 cm³/mol. The molecule has 1 saturated carbocycles. The van der Waals surface area contributed by atoms with Gasteiger partial charge in [-0.3, -0.25) is 19.7 Å². The van der Waals surface area contributed by atoms with Crippen LogP contribution in [0.5, 0.6) is 0 Å². The van der Waals surface area contributed by atoms with Crippen molar-refractivity contribution in [3.05, 3.63) is 64.0 Å². The Hall–Kier alpha value is -3.16. The highest BCUT2D eigenvalue weighted by molar-refractivity contribution is 5.96. The van der Waals surface area contributed by atoms with E-state index in [1.54, 1.807) is 4.90 Å². The Morgan fingerprint density at radius 1 is 1.20 bits per heavy atom. The van der Waals surface area contributed by atoms with E-state index in [1.807, 2.05) is 48.7 Å². The summed E-state index contributed by atoms with van der Waals surface area (Å²) in [5, 5.41) is 10.9. The molecular formula is C22H28N4O4. The summed E-state index contributed by atoms with van der Waals surface area (Å²) in [5.74, 6) is -0.182. The van der Waals surface area contributed by atoms with Crippen molar-refractivity contribution in [1.82, 2.24) is 14.4 Å². The number of hydrogen-bond acceptors (Lipinski definition) is 4. The molecule has 0 N–H and O–H groups in total. The van der Waals surface area contributed by atoms with Crippen molar-refractivity contribution in [1.29, 1.82) is 0 Å². The summed E-state index contributed by atoms with van der Waals surface area (Å²) in [6, 6.07) is 9.69. The molecule has 0 aliphatic heterocycles. The molecule has 0 atom stereocenters. The molecule has 2 amide bonds. The number of carbonyl (C=O) groups is 2. The Morgan fingerprint density at radius 3 is 2.37 bits per heavy atom. The van der Waals surface area contributed by atoms with Gasteiger partial charge in [0.25, 0.3) is 11.6 Å². The largest absolute Gasteiger partial charge is 0.353 e. The lowest BCUT2D eigenvalue weighted by atomic mass is 10.1. The molecule has 2 aromatic rings. The van der Waals surface area contributed by atoms with E-state index in [9.17, 15) is 19.7 Å². The van der Waals surface area contributed by atoms with Crippen LogP contribution in [-0.2, 0) is 18.4 Å². The third kappa shape index (κ3) is 5.25. The first kappa shape index (κ1) is 21.5. The summed E-state index contributed by atoms with van der Waals surface area (Å²) >= 11 is 0. The summed E-state index contributed by atoms with van der Waals surface area (Å²) in [6.07, 6.45) is 3.92. The second-order valence-corrected chi connectivity index (χ2v) is 8.25. The van der Waals surface area contributed by atoms with Crippen LogP contribution in [-0.4, -0.2) is 50.2 Å². The van der Waals surface area contributed by atoms with E-state index in [0.29, 0.717) is 18.7 Å². The molecule has 160 valence electrons. The highest BCUT2D eigenvalue weighted by Gasteiger charge is 2.34. The zero-order valence-corrected chi connectivity index (χ0v) is 17.7. The van der Waals surface area contributed by atoms with Crippen molar-refractivity contribution in [3.63, 3.8) is 0 Å². The molecular weight excluding hydrogens is 384 g/mol. The van der Waals surface area contributed by atoms with Crippen LogP contribution in [0.3, 0.4) is 0 Å². The van der Waals surface area contributed by atoms with E-state index < -0.39 is 4.92 Å². The zero-order chi connectivity index (χ0) is 21.8. The quantitative estimate of drug-likeness (QED) is 0.467. The van der Waals surface area contributed by atoms with Crippen molar-refractivity contribution >= 4 is 17.5 Å². The van der Waals surface area contributed by atoms with Crippen molar-refractivity contribution < 1.29 is 14.5 Å². The minimum atomic E-state index is -0.499. The fourth-order valence-electron chi connectivity index (χ4n) is 3.46. The van der Waals surface area contributed by atoms with Gasteiger partial charge in [0, 0.05) is 49.2 Å². The first-order valence-electron chi connectivity index (χ1n) is 10.2. The normalized spacial score (nSPS) is 13.3. The number of benzene rings is 1. The number of carbonyl (C=O) groups excluding carboxylic acids is 2. The summed E-state index contributed by atoms with van der Waals surface area (Å²) in [4.78, 5) is 40.0. The maximum Gasteiger partial charge on any atom is 0.269 e. The van der Waals surface area contributed by atoms with E-state index in [0.717, 1.165) is 18.5 Å². The third-order valence-electron chi connectivity index (χ3n) is 5.22. The molecule has 1 aromatic carbocycles. The molecule has 0 saturated heterocycles. The summed E-state index contributed by atoms with van der Waals surface area (Å²) in [7, 11) is 1.95. The predicted octanol–water partition coefficient (Wildman–Crippen LogP) is 3.22. The fourth-order valence-corrected chi connectivity index (χ4v) is 3.46. The van der Waals surface area contributed by atoms with Crippen molar-refractivity contribution in [2.45, 2.75) is 39.3 Å². The number of nitro groups is 1. The van der Waals surface area contributed by atoms with Gasteiger partial charge in [-0.05, 0) is 43.0 Å². The van der Waals surface area contributed by atoms with Crippen LogP contribution in [0.15, 0.2) is 42.6 Å². The van der Waals surface area contributed by atoms with Gasteiger partial charge in [-0.1, -0.05) is 13.8 Å². The van der Waals surface area contributed by atoms with Gasteiger partial charge in [0.1, 0.15) is 6.54 Å². The van der Waals surface area contributed by atoms with Gasteiger partial charge in [-0.2, -0.15) is 0 Å². The Labute approximate surface area is 176 Å². The van der Waals surface area contributed by atoms with Gasteiger partial charge in [0.2, 0.25) is 5.91 Å². The number of nitrogens with zero attached hydrogens (tertiary/aromatic N) is 4. The molecule has 30 heavy (non-hydrogen) atoms. The summed E-state index contributed by atoms with van der Waals surface area (Å²) < 4.78 is 2.00. The first-order valence-corrected chi connectivity index (χ1v) is 10.2. The average Bonchev–Trinajstić information content (AvgIpc) is 3.46. The van der Waals surface area contributed by atoms with Gasteiger partial charge >= 0.3 is 0 Å². The van der Waals surface area contributed by atoms with Crippen molar-refractivity contribution in [2.24, 2.45) is 13.0 Å². The lowest BCUT2D eigenvalue weighted by Crippen LogP contribution is -2.45. The van der Waals surface area contributed by atoms with E-state index in [-0.39, 0.29) is 36.0 Å². The molecule has 8 heteroatoms. The SMILES string of the molecule is CC(C)CN(CC(=O)N(Cc1cccn1C)C1CC1)C(=O)c1ccc([N+](=O)[O-])cc1. The Kier molecular flexibility index (Phi) is 6.54. The van der Waals surface area contributed by atoms with Crippen molar-refractivity contribution in [2.75, 3.05) is 13.1 Å². The highest BCUT2D eigenvalue weighted by atomic mass is 16.6. The molecule has 1 fully saturated rings. The average molecular weight is 412 g/mol. The van der Waals surface area contributed by atoms with Gasteiger partial charge in [-0.25, -0.2) is 0 Å².